The lowest BCUT2D eigenvalue weighted by molar-refractivity contribution is -0.146. The summed E-state index contributed by atoms with van der Waals surface area (Å²) in [6.07, 6.45) is 0.284. The van der Waals surface area contributed by atoms with Gasteiger partial charge in [0.05, 0.1) is 17.8 Å². The lowest BCUT2D eigenvalue weighted by Crippen LogP contribution is -2.53. The van der Waals surface area contributed by atoms with Crippen LogP contribution in [0, 0.1) is 12.7 Å². The van der Waals surface area contributed by atoms with Crippen LogP contribution in [0.15, 0.2) is 24.3 Å². The molecular formula is C22H23ClFN5O4. The first kappa shape index (κ1) is 22.9. The first-order chi connectivity index (χ1) is 15.7. The zero-order valence-corrected chi connectivity index (χ0v) is 18.8. The van der Waals surface area contributed by atoms with Gasteiger partial charge in [-0.15, -0.1) is 0 Å². The van der Waals surface area contributed by atoms with Gasteiger partial charge < -0.3 is 9.80 Å². The van der Waals surface area contributed by atoms with Crippen molar-refractivity contribution in [2.45, 2.75) is 26.3 Å². The van der Waals surface area contributed by atoms with Gasteiger partial charge in [0.25, 0.3) is 5.91 Å². The number of amides is 4. The third-order valence-corrected chi connectivity index (χ3v) is 6.28. The zero-order valence-electron chi connectivity index (χ0n) is 18.1. The summed E-state index contributed by atoms with van der Waals surface area (Å²) in [6, 6.07) is 5.96. The van der Waals surface area contributed by atoms with Gasteiger partial charge in [-0.25, -0.2) is 9.07 Å². The van der Waals surface area contributed by atoms with Crippen molar-refractivity contribution >= 4 is 35.2 Å². The SMILES string of the molecule is Cc1nn(Cc2ccc(F)cc2)c(Cl)c1C(=O)N1CCN(C(=O)CN2C(=O)CCC2=O)CC1. The van der Waals surface area contributed by atoms with E-state index in [9.17, 15) is 23.6 Å². The quantitative estimate of drug-likeness (QED) is 0.610. The molecule has 1 aromatic heterocycles. The van der Waals surface area contributed by atoms with E-state index < -0.39 is 0 Å². The van der Waals surface area contributed by atoms with Crippen molar-refractivity contribution < 1.29 is 23.6 Å². The summed E-state index contributed by atoms with van der Waals surface area (Å²) in [4.78, 5) is 53.3. The lowest BCUT2D eigenvalue weighted by atomic mass is 10.2. The summed E-state index contributed by atoms with van der Waals surface area (Å²) in [5, 5.41) is 4.57. The molecule has 2 aliphatic heterocycles. The van der Waals surface area contributed by atoms with Crippen LogP contribution in [-0.2, 0) is 20.9 Å². The van der Waals surface area contributed by atoms with E-state index >= 15 is 0 Å². The predicted octanol–water partition coefficient (Wildman–Crippen LogP) is 1.47. The molecule has 0 aliphatic carbocycles. The van der Waals surface area contributed by atoms with E-state index in [0.717, 1.165) is 10.5 Å². The molecular weight excluding hydrogens is 453 g/mol. The molecule has 2 fully saturated rings. The van der Waals surface area contributed by atoms with Crippen molar-refractivity contribution in [3.05, 3.63) is 52.1 Å². The fraction of sp³-hybridized carbons (Fsp3) is 0.409. The maximum absolute atomic E-state index is 13.1. The molecule has 0 spiro atoms. The second kappa shape index (κ2) is 9.30. The summed E-state index contributed by atoms with van der Waals surface area (Å²) in [6.45, 7) is 2.92. The summed E-state index contributed by atoms with van der Waals surface area (Å²) in [5.41, 5.74) is 1.57. The molecule has 0 atom stereocenters. The molecule has 33 heavy (non-hydrogen) atoms. The average molecular weight is 476 g/mol. The molecule has 11 heteroatoms. The van der Waals surface area contributed by atoms with Crippen LogP contribution in [0.1, 0.15) is 34.5 Å². The third-order valence-electron chi connectivity index (χ3n) is 5.89. The Bertz CT molecular complexity index is 1090. The van der Waals surface area contributed by atoms with Crippen molar-refractivity contribution in [3.63, 3.8) is 0 Å². The molecule has 4 rings (SSSR count). The van der Waals surface area contributed by atoms with Gasteiger partial charge in [-0.1, -0.05) is 23.7 Å². The monoisotopic (exact) mass is 475 g/mol. The van der Waals surface area contributed by atoms with E-state index in [1.165, 1.54) is 16.8 Å². The molecule has 1 aromatic carbocycles. The van der Waals surface area contributed by atoms with Crippen LogP contribution in [0.2, 0.25) is 5.15 Å². The molecule has 3 heterocycles. The molecule has 0 unspecified atom stereocenters. The maximum Gasteiger partial charge on any atom is 0.259 e. The van der Waals surface area contributed by atoms with Gasteiger partial charge >= 0.3 is 0 Å². The van der Waals surface area contributed by atoms with Crippen LogP contribution in [0.3, 0.4) is 0 Å². The topological polar surface area (TPSA) is 95.8 Å². The number of nitrogens with zero attached hydrogens (tertiary/aromatic N) is 5. The number of hydrogen-bond acceptors (Lipinski definition) is 5. The highest BCUT2D eigenvalue weighted by molar-refractivity contribution is 6.33. The molecule has 0 N–H and O–H groups in total. The van der Waals surface area contributed by atoms with Crippen molar-refractivity contribution in [3.8, 4) is 0 Å². The number of likely N-dealkylation sites (tertiary alicyclic amines) is 1. The van der Waals surface area contributed by atoms with E-state index in [-0.39, 0.29) is 54.0 Å². The van der Waals surface area contributed by atoms with Gasteiger partial charge in [0.2, 0.25) is 17.7 Å². The van der Waals surface area contributed by atoms with Crippen LogP contribution in [-0.4, -0.2) is 80.8 Å². The van der Waals surface area contributed by atoms with E-state index in [1.807, 2.05) is 0 Å². The van der Waals surface area contributed by atoms with E-state index in [1.54, 1.807) is 28.9 Å². The Morgan fingerprint density at radius 3 is 2.18 bits per heavy atom. The maximum atomic E-state index is 13.1. The first-order valence-corrected chi connectivity index (χ1v) is 11.0. The van der Waals surface area contributed by atoms with E-state index in [4.69, 9.17) is 11.6 Å². The van der Waals surface area contributed by atoms with E-state index in [2.05, 4.69) is 5.10 Å². The van der Waals surface area contributed by atoms with Crippen molar-refractivity contribution in [1.29, 1.82) is 0 Å². The Morgan fingerprint density at radius 1 is 1.00 bits per heavy atom. The van der Waals surface area contributed by atoms with E-state index in [0.29, 0.717) is 44.0 Å². The summed E-state index contributed by atoms with van der Waals surface area (Å²) < 4.78 is 14.6. The Balaban J connectivity index is 1.38. The normalized spacial score (nSPS) is 16.6. The van der Waals surface area contributed by atoms with Gasteiger partial charge in [0.1, 0.15) is 17.5 Å². The number of hydrogen-bond donors (Lipinski definition) is 0. The minimum absolute atomic E-state index is 0.142. The molecule has 0 saturated carbocycles. The highest BCUT2D eigenvalue weighted by Crippen LogP contribution is 2.23. The Morgan fingerprint density at radius 2 is 1.58 bits per heavy atom. The molecule has 2 aromatic rings. The number of benzene rings is 1. The first-order valence-electron chi connectivity index (χ1n) is 10.6. The number of halogens is 2. The van der Waals surface area contributed by atoms with Crippen LogP contribution >= 0.6 is 11.6 Å². The molecule has 9 nitrogen and oxygen atoms in total. The number of rotatable bonds is 5. The van der Waals surface area contributed by atoms with Crippen LogP contribution in [0.5, 0.6) is 0 Å². The summed E-state index contributed by atoms with van der Waals surface area (Å²) in [7, 11) is 0. The van der Waals surface area contributed by atoms with Gasteiger partial charge in [-0.3, -0.25) is 24.1 Å². The van der Waals surface area contributed by atoms with Crippen molar-refractivity contribution in [2.75, 3.05) is 32.7 Å². The van der Waals surface area contributed by atoms with Gasteiger partial charge in [0, 0.05) is 39.0 Å². The predicted molar refractivity (Wildman–Crippen MR) is 116 cm³/mol. The summed E-state index contributed by atoms with van der Waals surface area (Å²) in [5.74, 6) is -1.59. The minimum atomic E-state index is -0.339. The van der Waals surface area contributed by atoms with Crippen molar-refractivity contribution in [1.82, 2.24) is 24.5 Å². The van der Waals surface area contributed by atoms with Crippen LogP contribution < -0.4 is 0 Å². The Hall–Kier alpha value is -3.27. The fourth-order valence-electron chi connectivity index (χ4n) is 4.02. The number of aryl methyl sites for hydroxylation is 1. The third kappa shape index (κ3) is 4.75. The molecule has 174 valence electrons. The minimum Gasteiger partial charge on any atom is -0.338 e. The number of piperazine rings is 1. The molecule has 2 saturated heterocycles. The Labute approximate surface area is 194 Å². The van der Waals surface area contributed by atoms with Crippen LogP contribution in [0.25, 0.3) is 0 Å². The molecule has 4 amide bonds. The number of imide groups is 1. The summed E-state index contributed by atoms with van der Waals surface area (Å²) >= 11 is 6.47. The fourth-order valence-corrected chi connectivity index (χ4v) is 4.33. The largest absolute Gasteiger partial charge is 0.338 e. The highest BCUT2D eigenvalue weighted by atomic mass is 35.5. The van der Waals surface area contributed by atoms with Gasteiger partial charge in [0.15, 0.2) is 0 Å². The zero-order chi connectivity index (χ0) is 23.7. The second-order valence-electron chi connectivity index (χ2n) is 8.08. The Kier molecular flexibility index (Phi) is 6.46. The van der Waals surface area contributed by atoms with Gasteiger partial charge in [-0.05, 0) is 24.6 Å². The highest BCUT2D eigenvalue weighted by Gasteiger charge is 2.34. The average Bonchev–Trinajstić information content (AvgIpc) is 3.26. The van der Waals surface area contributed by atoms with Crippen molar-refractivity contribution in [2.24, 2.45) is 0 Å². The standard InChI is InChI=1S/C22H23ClFN5O4/c1-14-20(21(23)29(25-14)12-15-2-4-16(24)5-3-15)22(33)27-10-8-26(9-11-27)19(32)13-28-17(30)6-7-18(28)31/h2-5H,6-13H2,1H3. The smallest absolute Gasteiger partial charge is 0.259 e. The number of carbonyl (C=O) groups excluding carboxylic acids is 4. The number of aromatic nitrogens is 2. The van der Waals surface area contributed by atoms with Gasteiger partial charge in [-0.2, -0.15) is 5.10 Å². The number of carbonyl (C=O) groups is 4. The molecule has 0 bridgehead atoms. The molecule has 0 radical (unpaired) electrons. The molecule has 2 aliphatic rings. The van der Waals surface area contributed by atoms with Crippen LogP contribution in [0.4, 0.5) is 4.39 Å². The second-order valence-corrected chi connectivity index (χ2v) is 8.44. The lowest BCUT2D eigenvalue weighted by Gasteiger charge is -2.35.